The van der Waals surface area contributed by atoms with Crippen molar-refractivity contribution in [2.75, 3.05) is 5.75 Å². The molecule has 192 valence electrons. The Balaban J connectivity index is 3.40. The van der Waals surface area contributed by atoms with Crippen LogP contribution in [0.1, 0.15) is 79.3 Å². The van der Waals surface area contributed by atoms with Gasteiger partial charge in [0, 0.05) is 17.8 Å². The van der Waals surface area contributed by atoms with E-state index in [4.69, 9.17) is 4.74 Å². The molecular formula is C25H41N3O5S. The lowest BCUT2D eigenvalue weighted by Crippen LogP contribution is -2.56. The summed E-state index contributed by atoms with van der Waals surface area (Å²) < 4.78 is 5.31. The Morgan fingerprint density at radius 2 is 1.68 bits per heavy atom. The first-order valence-corrected chi connectivity index (χ1v) is 12.5. The minimum absolute atomic E-state index is 0.0289. The lowest BCUT2D eigenvalue weighted by molar-refractivity contribution is -0.144. The van der Waals surface area contributed by atoms with Gasteiger partial charge in [-0.1, -0.05) is 32.4 Å². The van der Waals surface area contributed by atoms with E-state index in [2.05, 4.69) is 23.3 Å². The first kappa shape index (κ1) is 29.6. The number of carbonyl (C=O) groups is 3. The molecule has 0 bridgehead atoms. The molecule has 0 aliphatic heterocycles. The molecule has 0 fully saturated rings. The second kappa shape index (κ2) is 13.5. The SMILES string of the molecule is CCCC(C)NC(=O)C(c1ccc(O)cc1)N(C(=O)C(CS)NC(=O)OC(C)(C)C)C(C)CC. The van der Waals surface area contributed by atoms with Gasteiger partial charge in [-0.3, -0.25) is 9.59 Å². The van der Waals surface area contributed by atoms with E-state index in [1.165, 1.54) is 17.0 Å². The van der Waals surface area contributed by atoms with Crippen LogP contribution in [0.15, 0.2) is 24.3 Å². The number of hydrogen-bond acceptors (Lipinski definition) is 6. The van der Waals surface area contributed by atoms with E-state index < -0.39 is 29.7 Å². The van der Waals surface area contributed by atoms with Crippen LogP contribution in [0.2, 0.25) is 0 Å². The number of phenols is 1. The van der Waals surface area contributed by atoms with E-state index in [0.717, 1.165) is 12.8 Å². The van der Waals surface area contributed by atoms with Gasteiger partial charge in [0.15, 0.2) is 0 Å². The number of rotatable bonds is 11. The van der Waals surface area contributed by atoms with E-state index >= 15 is 0 Å². The standard InChI is InChI=1S/C25H41N3O5S/c1-8-10-16(3)26-22(30)21(18-11-13-19(29)14-12-18)28(17(4)9-2)23(31)20(15-34)27-24(32)33-25(5,6)7/h11-14,16-17,20-21,29,34H,8-10,15H2,1-7H3,(H,26,30)(H,27,32). The summed E-state index contributed by atoms with van der Waals surface area (Å²) >= 11 is 4.29. The van der Waals surface area contributed by atoms with Crippen LogP contribution in [0.3, 0.4) is 0 Å². The average Bonchev–Trinajstić information content (AvgIpc) is 2.74. The summed E-state index contributed by atoms with van der Waals surface area (Å²) in [6.45, 7) is 12.9. The summed E-state index contributed by atoms with van der Waals surface area (Å²) in [6.07, 6.45) is 1.56. The van der Waals surface area contributed by atoms with Crippen molar-refractivity contribution < 1.29 is 24.2 Å². The third-order valence-electron chi connectivity index (χ3n) is 5.34. The minimum atomic E-state index is -0.993. The normalized spacial score (nSPS) is 14.9. The maximum Gasteiger partial charge on any atom is 0.408 e. The smallest absolute Gasteiger partial charge is 0.408 e. The van der Waals surface area contributed by atoms with Crippen LogP contribution in [0, 0.1) is 0 Å². The molecule has 4 unspecified atom stereocenters. The van der Waals surface area contributed by atoms with Gasteiger partial charge in [-0.2, -0.15) is 12.6 Å². The number of carbonyl (C=O) groups excluding carboxylic acids is 3. The number of benzene rings is 1. The third-order valence-corrected chi connectivity index (χ3v) is 5.70. The van der Waals surface area contributed by atoms with Crippen LogP contribution in [-0.4, -0.2) is 57.4 Å². The van der Waals surface area contributed by atoms with Crippen molar-refractivity contribution in [3.05, 3.63) is 29.8 Å². The highest BCUT2D eigenvalue weighted by Gasteiger charge is 2.38. The van der Waals surface area contributed by atoms with Crippen LogP contribution >= 0.6 is 12.6 Å². The summed E-state index contributed by atoms with van der Waals surface area (Å²) in [4.78, 5) is 41.1. The maximum absolute atomic E-state index is 13.8. The quantitative estimate of drug-likeness (QED) is 0.344. The second-order valence-electron chi connectivity index (χ2n) is 9.58. The number of amides is 3. The number of phenolic OH excluding ortho intramolecular Hbond substituents is 1. The molecule has 0 radical (unpaired) electrons. The number of thiol groups is 1. The number of aromatic hydroxyl groups is 1. The van der Waals surface area contributed by atoms with E-state index in [0.29, 0.717) is 12.0 Å². The van der Waals surface area contributed by atoms with Crippen LogP contribution < -0.4 is 10.6 Å². The first-order chi connectivity index (χ1) is 15.8. The molecule has 0 saturated heterocycles. The minimum Gasteiger partial charge on any atom is -0.508 e. The largest absolute Gasteiger partial charge is 0.508 e. The van der Waals surface area contributed by atoms with Gasteiger partial charge in [0.25, 0.3) is 0 Å². The summed E-state index contributed by atoms with van der Waals surface area (Å²) in [6, 6.07) is 3.89. The summed E-state index contributed by atoms with van der Waals surface area (Å²) in [5.74, 6) is -0.674. The van der Waals surface area contributed by atoms with Gasteiger partial charge >= 0.3 is 6.09 Å². The van der Waals surface area contributed by atoms with Crippen LogP contribution in [-0.2, 0) is 14.3 Å². The average molecular weight is 496 g/mol. The molecule has 34 heavy (non-hydrogen) atoms. The molecule has 9 heteroatoms. The maximum atomic E-state index is 13.8. The Bertz CT molecular complexity index is 810. The van der Waals surface area contributed by atoms with Crippen LogP contribution in [0.4, 0.5) is 4.79 Å². The molecule has 0 aliphatic carbocycles. The van der Waals surface area contributed by atoms with Crippen molar-refractivity contribution >= 4 is 30.5 Å². The fourth-order valence-electron chi connectivity index (χ4n) is 3.53. The summed E-state index contributed by atoms with van der Waals surface area (Å²) in [5, 5.41) is 15.4. The van der Waals surface area contributed by atoms with E-state index in [-0.39, 0.29) is 29.5 Å². The number of ether oxygens (including phenoxy) is 1. The van der Waals surface area contributed by atoms with Gasteiger partial charge in [0.1, 0.15) is 23.4 Å². The Morgan fingerprint density at radius 1 is 1.09 bits per heavy atom. The number of nitrogens with zero attached hydrogens (tertiary/aromatic N) is 1. The zero-order valence-electron chi connectivity index (χ0n) is 21.4. The van der Waals surface area contributed by atoms with Crippen molar-refractivity contribution in [1.29, 1.82) is 0 Å². The predicted octanol–water partition coefficient (Wildman–Crippen LogP) is 4.19. The molecule has 0 spiro atoms. The molecule has 0 saturated carbocycles. The molecular weight excluding hydrogens is 454 g/mol. The lowest BCUT2D eigenvalue weighted by atomic mass is 9.99. The fourth-order valence-corrected chi connectivity index (χ4v) is 3.78. The molecule has 0 aliphatic rings. The Hall–Kier alpha value is -2.42. The van der Waals surface area contributed by atoms with Crippen molar-refractivity contribution in [3.8, 4) is 5.75 Å². The van der Waals surface area contributed by atoms with E-state index in [9.17, 15) is 19.5 Å². The highest BCUT2D eigenvalue weighted by molar-refractivity contribution is 7.80. The molecule has 0 aromatic heterocycles. The van der Waals surface area contributed by atoms with Gasteiger partial charge in [-0.05, 0) is 65.2 Å². The molecule has 3 N–H and O–H groups in total. The van der Waals surface area contributed by atoms with Crippen LogP contribution in [0.5, 0.6) is 5.75 Å². The van der Waals surface area contributed by atoms with Gasteiger partial charge in [-0.25, -0.2) is 4.79 Å². The number of nitrogens with one attached hydrogen (secondary N) is 2. The zero-order chi connectivity index (χ0) is 26.1. The molecule has 8 nitrogen and oxygen atoms in total. The predicted molar refractivity (Wildman–Crippen MR) is 137 cm³/mol. The topological polar surface area (TPSA) is 108 Å². The Morgan fingerprint density at radius 3 is 2.15 bits per heavy atom. The fraction of sp³-hybridized carbons (Fsp3) is 0.640. The first-order valence-electron chi connectivity index (χ1n) is 11.9. The Labute approximate surface area is 209 Å². The zero-order valence-corrected chi connectivity index (χ0v) is 22.3. The molecule has 4 atom stereocenters. The van der Waals surface area contributed by atoms with Crippen molar-refractivity contribution in [2.45, 2.75) is 97.5 Å². The molecule has 0 heterocycles. The monoisotopic (exact) mass is 495 g/mol. The van der Waals surface area contributed by atoms with Gasteiger partial charge in [0.05, 0.1) is 0 Å². The van der Waals surface area contributed by atoms with Crippen molar-refractivity contribution in [2.24, 2.45) is 0 Å². The van der Waals surface area contributed by atoms with Crippen molar-refractivity contribution in [3.63, 3.8) is 0 Å². The molecule has 3 amide bonds. The highest BCUT2D eigenvalue weighted by Crippen LogP contribution is 2.28. The molecule has 1 aromatic carbocycles. The number of hydrogen-bond donors (Lipinski definition) is 4. The van der Waals surface area contributed by atoms with E-state index in [1.807, 2.05) is 27.7 Å². The number of alkyl carbamates (subject to hydrolysis) is 1. The van der Waals surface area contributed by atoms with Crippen molar-refractivity contribution in [1.82, 2.24) is 15.5 Å². The second-order valence-corrected chi connectivity index (χ2v) is 9.94. The van der Waals surface area contributed by atoms with E-state index in [1.54, 1.807) is 32.9 Å². The van der Waals surface area contributed by atoms with Gasteiger partial charge < -0.3 is 25.4 Å². The third kappa shape index (κ3) is 9.08. The van der Waals surface area contributed by atoms with Gasteiger partial charge in [-0.15, -0.1) is 0 Å². The summed E-state index contributed by atoms with van der Waals surface area (Å²) in [7, 11) is 0. The highest BCUT2D eigenvalue weighted by atomic mass is 32.1. The van der Waals surface area contributed by atoms with Gasteiger partial charge in [0.2, 0.25) is 11.8 Å². The molecule has 1 rings (SSSR count). The van der Waals surface area contributed by atoms with Crippen LogP contribution in [0.25, 0.3) is 0 Å². The lowest BCUT2D eigenvalue weighted by Gasteiger charge is -2.38. The molecule has 1 aromatic rings. The summed E-state index contributed by atoms with van der Waals surface area (Å²) in [5.41, 5.74) is -0.169. The Kier molecular flexibility index (Phi) is 11.7.